The second-order valence-electron chi connectivity index (χ2n) is 6.31. The van der Waals surface area contributed by atoms with Crippen LogP contribution >= 0.6 is 0 Å². The molecule has 0 saturated carbocycles. The maximum atomic E-state index is 11.3. The molecule has 0 fully saturated rings. The third-order valence-corrected chi connectivity index (χ3v) is 4.60. The number of nitrogens with one attached hydrogen (secondary N) is 2. The van der Waals surface area contributed by atoms with Crippen LogP contribution in [-0.2, 0) is 16.4 Å². The number of aromatic nitrogens is 2. The monoisotopic (exact) mass is 378 g/mol. The molecule has 2 aromatic rings. The van der Waals surface area contributed by atoms with Crippen LogP contribution in [0.5, 0.6) is 0 Å². The molecular formula is C17H26N6O2S. The summed E-state index contributed by atoms with van der Waals surface area (Å²) in [6.45, 7) is 4.26. The second-order valence-corrected chi connectivity index (χ2v) is 7.88. The summed E-state index contributed by atoms with van der Waals surface area (Å²) in [5.74, 6) is 1.36. The highest BCUT2D eigenvalue weighted by atomic mass is 32.2. The zero-order valence-electron chi connectivity index (χ0n) is 15.4. The molecule has 0 atom stereocenters. The van der Waals surface area contributed by atoms with Crippen molar-refractivity contribution in [3.05, 3.63) is 41.6 Å². The Morgan fingerprint density at radius 1 is 1.08 bits per heavy atom. The lowest BCUT2D eigenvalue weighted by atomic mass is 10.1. The zero-order valence-corrected chi connectivity index (χ0v) is 16.2. The van der Waals surface area contributed by atoms with E-state index in [1.807, 2.05) is 27.1 Å². The molecule has 1 aromatic carbocycles. The number of nitrogens with zero attached hydrogens (tertiary/aromatic N) is 3. The van der Waals surface area contributed by atoms with Gasteiger partial charge in [-0.1, -0.05) is 12.1 Å². The first-order valence-electron chi connectivity index (χ1n) is 8.34. The van der Waals surface area contributed by atoms with E-state index in [4.69, 9.17) is 5.14 Å². The van der Waals surface area contributed by atoms with Crippen LogP contribution in [0.4, 0.5) is 11.8 Å². The lowest BCUT2D eigenvalue weighted by Gasteiger charge is -2.12. The molecule has 0 aliphatic heterocycles. The Bertz CT molecular complexity index is 822. The number of hydrogen-bond acceptors (Lipinski definition) is 7. The van der Waals surface area contributed by atoms with Crippen LogP contribution in [0.2, 0.25) is 0 Å². The van der Waals surface area contributed by atoms with Gasteiger partial charge in [0.1, 0.15) is 5.82 Å². The minimum Gasteiger partial charge on any atom is -0.370 e. The van der Waals surface area contributed by atoms with Gasteiger partial charge in [0.25, 0.3) is 0 Å². The minimum absolute atomic E-state index is 0.120. The predicted molar refractivity (Wildman–Crippen MR) is 104 cm³/mol. The fourth-order valence-corrected chi connectivity index (χ4v) is 2.83. The maximum Gasteiger partial charge on any atom is 0.238 e. The molecule has 1 aromatic heterocycles. The van der Waals surface area contributed by atoms with E-state index in [0.717, 1.165) is 36.6 Å². The Morgan fingerprint density at radius 3 is 2.38 bits per heavy atom. The predicted octanol–water partition coefficient (Wildman–Crippen LogP) is 1.06. The minimum atomic E-state index is -3.65. The lowest BCUT2D eigenvalue weighted by Crippen LogP contribution is -2.21. The van der Waals surface area contributed by atoms with Gasteiger partial charge in [-0.15, -0.1) is 0 Å². The summed E-state index contributed by atoms with van der Waals surface area (Å²) in [5, 5.41) is 11.6. The topological polar surface area (TPSA) is 113 Å². The average Bonchev–Trinajstić information content (AvgIpc) is 2.54. The first-order valence-corrected chi connectivity index (χ1v) is 9.88. The summed E-state index contributed by atoms with van der Waals surface area (Å²) < 4.78 is 22.5. The van der Waals surface area contributed by atoms with Gasteiger partial charge in [-0.05, 0) is 45.1 Å². The number of sulfonamides is 1. The van der Waals surface area contributed by atoms with Crippen molar-refractivity contribution in [1.82, 2.24) is 14.9 Å². The Morgan fingerprint density at radius 2 is 1.77 bits per heavy atom. The fourth-order valence-electron chi connectivity index (χ4n) is 2.31. The van der Waals surface area contributed by atoms with Crippen LogP contribution in [-0.4, -0.2) is 57.0 Å². The molecule has 0 spiro atoms. The van der Waals surface area contributed by atoms with E-state index in [1.165, 1.54) is 12.1 Å². The van der Waals surface area contributed by atoms with E-state index in [1.54, 1.807) is 12.1 Å². The molecule has 0 radical (unpaired) electrons. The zero-order chi connectivity index (χ0) is 19.2. The Kier molecular flexibility index (Phi) is 6.90. The third kappa shape index (κ3) is 6.58. The summed E-state index contributed by atoms with van der Waals surface area (Å²) in [5.41, 5.74) is 1.90. The molecule has 0 amide bonds. The molecule has 0 unspecified atom stereocenters. The van der Waals surface area contributed by atoms with Crippen molar-refractivity contribution in [3.63, 3.8) is 0 Å². The van der Waals surface area contributed by atoms with E-state index in [9.17, 15) is 8.42 Å². The molecule has 1 heterocycles. The first kappa shape index (κ1) is 20.1. The molecule has 0 aliphatic carbocycles. The van der Waals surface area contributed by atoms with Gasteiger partial charge in [-0.2, -0.15) is 4.98 Å². The molecule has 9 heteroatoms. The highest BCUT2D eigenvalue weighted by Crippen LogP contribution is 2.11. The van der Waals surface area contributed by atoms with Crippen molar-refractivity contribution in [2.45, 2.75) is 18.2 Å². The number of likely N-dealkylation sites (N-methyl/N-ethyl adjacent to an activating group) is 1. The van der Waals surface area contributed by atoms with Crippen LogP contribution in [0, 0.1) is 6.92 Å². The lowest BCUT2D eigenvalue weighted by molar-refractivity contribution is 0.425. The summed E-state index contributed by atoms with van der Waals surface area (Å²) in [6.07, 6.45) is 0.733. The van der Waals surface area contributed by atoms with Gasteiger partial charge in [0.15, 0.2) is 0 Å². The van der Waals surface area contributed by atoms with Crippen molar-refractivity contribution in [3.8, 4) is 0 Å². The summed E-state index contributed by atoms with van der Waals surface area (Å²) >= 11 is 0. The normalized spacial score (nSPS) is 11.6. The molecule has 0 saturated heterocycles. The number of benzene rings is 1. The van der Waals surface area contributed by atoms with Crippen LogP contribution in [0.15, 0.2) is 35.2 Å². The van der Waals surface area contributed by atoms with Crippen LogP contribution in [0.25, 0.3) is 0 Å². The third-order valence-electron chi connectivity index (χ3n) is 3.67. The molecule has 2 rings (SSSR count). The van der Waals surface area contributed by atoms with Crippen molar-refractivity contribution >= 4 is 21.8 Å². The molecule has 0 bridgehead atoms. The Balaban J connectivity index is 1.89. The smallest absolute Gasteiger partial charge is 0.238 e. The van der Waals surface area contributed by atoms with E-state index in [-0.39, 0.29) is 4.90 Å². The van der Waals surface area contributed by atoms with Crippen molar-refractivity contribution in [2.75, 3.05) is 44.4 Å². The quantitative estimate of drug-likeness (QED) is 0.598. The molecule has 8 nitrogen and oxygen atoms in total. The molecule has 26 heavy (non-hydrogen) atoms. The maximum absolute atomic E-state index is 11.3. The number of hydrogen-bond donors (Lipinski definition) is 3. The Hall–Kier alpha value is -2.23. The highest BCUT2D eigenvalue weighted by Gasteiger charge is 2.07. The van der Waals surface area contributed by atoms with E-state index in [2.05, 4.69) is 25.5 Å². The Labute approximate surface area is 154 Å². The molecule has 142 valence electrons. The molecule has 4 N–H and O–H groups in total. The molecular weight excluding hydrogens is 352 g/mol. The van der Waals surface area contributed by atoms with E-state index < -0.39 is 10.0 Å². The van der Waals surface area contributed by atoms with Gasteiger partial charge < -0.3 is 15.5 Å². The fraction of sp³-hybridized carbons (Fsp3) is 0.412. The van der Waals surface area contributed by atoms with Gasteiger partial charge in [0, 0.05) is 31.4 Å². The van der Waals surface area contributed by atoms with Crippen LogP contribution in [0.3, 0.4) is 0 Å². The summed E-state index contributed by atoms with van der Waals surface area (Å²) in [7, 11) is 0.382. The largest absolute Gasteiger partial charge is 0.370 e. The van der Waals surface area contributed by atoms with Gasteiger partial charge in [0.2, 0.25) is 16.0 Å². The van der Waals surface area contributed by atoms with Crippen molar-refractivity contribution in [2.24, 2.45) is 5.14 Å². The van der Waals surface area contributed by atoms with Gasteiger partial charge in [0.05, 0.1) is 4.90 Å². The number of nitrogens with two attached hydrogens (primary N) is 1. The van der Waals surface area contributed by atoms with E-state index >= 15 is 0 Å². The standard InChI is InChI=1S/C17H26N6O2S/c1-13-12-16(22-17(21-13)20-10-11-23(2)3)19-9-8-14-4-6-15(7-5-14)26(18,24)25/h4-7,12H,8-11H2,1-3H3,(H2,18,24,25)(H2,19,20,21,22). The van der Waals surface area contributed by atoms with Crippen LogP contribution in [0.1, 0.15) is 11.3 Å². The highest BCUT2D eigenvalue weighted by molar-refractivity contribution is 7.89. The van der Waals surface area contributed by atoms with Crippen LogP contribution < -0.4 is 15.8 Å². The number of primary sulfonamides is 1. The summed E-state index contributed by atoms with van der Waals surface area (Å²) in [6, 6.07) is 8.46. The second kappa shape index (κ2) is 8.93. The van der Waals surface area contributed by atoms with E-state index in [0.29, 0.717) is 12.5 Å². The SMILES string of the molecule is Cc1cc(NCCc2ccc(S(N)(=O)=O)cc2)nc(NCCN(C)C)n1. The number of aryl methyl sites for hydroxylation is 1. The number of rotatable bonds is 9. The average molecular weight is 379 g/mol. The summed E-state index contributed by atoms with van der Waals surface area (Å²) in [4.78, 5) is 11.0. The van der Waals surface area contributed by atoms with Crippen molar-refractivity contribution in [1.29, 1.82) is 0 Å². The van der Waals surface area contributed by atoms with Gasteiger partial charge in [-0.25, -0.2) is 18.5 Å². The first-order chi connectivity index (χ1) is 12.2. The van der Waals surface area contributed by atoms with Gasteiger partial charge >= 0.3 is 0 Å². The van der Waals surface area contributed by atoms with Gasteiger partial charge in [-0.3, -0.25) is 0 Å². The molecule has 0 aliphatic rings. The van der Waals surface area contributed by atoms with Crippen molar-refractivity contribution < 1.29 is 8.42 Å². The number of anilines is 2.